The van der Waals surface area contributed by atoms with E-state index in [1.165, 1.54) is 4.90 Å². The van der Waals surface area contributed by atoms with Gasteiger partial charge in [0, 0.05) is 6.54 Å². The van der Waals surface area contributed by atoms with Gasteiger partial charge in [-0.25, -0.2) is 9.59 Å². The molecule has 2 heterocycles. The smallest absolute Gasteiger partial charge is 0.348 e. The van der Waals surface area contributed by atoms with Gasteiger partial charge in [-0.3, -0.25) is 4.79 Å². The van der Waals surface area contributed by atoms with Crippen LogP contribution in [0.5, 0.6) is 0 Å². The topological polar surface area (TPSA) is 72.9 Å². The van der Waals surface area contributed by atoms with E-state index in [0.29, 0.717) is 22.2 Å². The number of rotatable bonds is 5. The van der Waals surface area contributed by atoms with E-state index in [-0.39, 0.29) is 6.61 Å². The highest BCUT2D eigenvalue weighted by Gasteiger charge is 2.33. The van der Waals surface area contributed by atoms with Crippen LogP contribution < -0.4 is 0 Å². The van der Waals surface area contributed by atoms with Crippen LogP contribution in [0.15, 0.2) is 12.1 Å². The summed E-state index contributed by atoms with van der Waals surface area (Å²) in [7, 11) is 0. The minimum Gasteiger partial charge on any atom is -0.464 e. The van der Waals surface area contributed by atoms with Crippen LogP contribution in [0.1, 0.15) is 35.9 Å². The van der Waals surface area contributed by atoms with Gasteiger partial charge in [0.15, 0.2) is 6.61 Å². The molecule has 1 atom stereocenters. The zero-order valence-electron chi connectivity index (χ0n) is 12.7. The highest BCUT2D eigenvalue weighted by molar-refractivity contribution is 7.17. The van der Waals surface area contributed by atoms with E-state index in [9.17, 15) is 14.4 Å². The van der Waals surface area contributed by atoms with E-state index in [2.05, 4.69) is 0 Å². The Balaban J connectivity index is 1.92. The molecule has 0 bridgehead atoms. The molecule has 6 nitrogen and oxygen atoms in total. The molecule has 1 fully saturated rings. The van der Waals surface area contributed by atoms with E-state index >= 15 is 0 Å². The first-order valence-corrected chi connectivity index (χ1v) is 8.61. The van der Waals surface area contributed by atoms with Gasteiger partial charge in [0.25, 0.3) is 5.91 Å². The second-order valence-corrected chi connectivity index (χ2v) is 6.75. The number of esters is 2. The molecule has 0 aromatic carbocycles. The maximum atomic E-state index is 12.3. The van der Waals surface area contributed by atoms with Gasteiger partial charge in [0.2, 0.25) is 0 Å². The van der Waals surface area contributed by atoms with Crippen LogP contribution in [0.4, 0.5) is 0 Å². The Hall–Kier alpha value is -1.60. The van der Waals surface area contributed by atoms with E-state index in [4.69, 9.17) is 21.1 Å². The van der Waals surface area contributed by atoms with E-state index in [1.54, 1.807) is 19.1 Å². The Morgan fingerprint density at radius 2 is 2.09 bits per heavy atom. The molecule has 126 valence electrons. The Labute approximate surface area is 143 Å². The van der Waals surface area contributed by atoms with Gasteiger partial charge in [-0.1, -0.05) is 11.6 Å². The molecule has 1 amide bonds. The lowest BCUT2D eigenvalue weighted by Gasteiger charge is -2.33. The van der Waals surface area contributed by atoms with Crippen molar-refractivity contribution >= 4 is 40.8 Å². The molecule has 1 aliphatic heterocycles. The summed E-state index contributed by atoms with van der Waals surface area (Å²) in [5, 5.41) is 0. The third-order valence-corrected chi connectivity index (χ3v) is 4.69. The highest BCUT2D eigenvalue weighted by Crippen LogP contribution is 2.22. The lowest BCUT2D eigenvalue weighted by molar-refractivity contribution is -0.157. The largest absolute Gasteiger partial charge is 0.464 e. The van der Waals surface area contributed by atoms with Crippen LogP contribution in [0.3, 0.4) is 0 Å². The number of halogens is 1. The van der Waals surface area contributed by atoms with E-state index in [0.717, 1.165) is 24.2 Å². The molecular weight excluding hydrogens is 342 g/mol. The Morgan fingerprint density at radius 1 is 1.30 bits per heavy atom. The van der Waals surface area contributed by atoms with E-state index in [1.807, 2.05) is 0 Å². The maximum absolute atomic E-state index is 12.3. The molecule has 0 spiro atoms. The second-order valence-electron chi connectivity index (χ2n) is 5.03. The number of carbonyl (C=O) groups excluding carboxylic acids is 3. The Kier molecular flexibility index (Phi) is 6.41. The first-order chi connectivity index (χ1) is 11.0. The highest BCUT2D eigenvalue weighted by atomic mass is 35.5. The number of piperidine rings is 1. The van der Waals surface area contributed by atoms with Crippen LogP contribution in [0.25, 0.3) is 0 Å². The minimum atomic E-state index is -0.597. The van der Waals surface area contributed by atoms with Crippen molar-refractivity contribution in [2.45, 2.75) is 32.2 Å². The lowest BCUT2D eigenvalue weighted by atomic mass is 10.0. The average Bonchev–Trinajstić information content (AvgIpc) is 2.99. The van der Waals surface area contributed by atoms with Gasteiger partial charge in [0.05, 0.1) is 10.9 Å². The predicted molar refractivity (Wildman–Crippen MR) is 85.6 cm³/mol. The number of thiophene rings is 1. The lowest BCUT2D eigenvalue weighted by Crippen LogP contribution is -2.50. The molecule has 1 aromatic rings. The maximum Gasteiger partial charge on any atom is 0.348 e. The van der Waals surface area contributed by atoms with Crippen LogP contribution in [-0.4, -0.2) is 48.5 Å². The molecular formula is C15H18ClNO5S. The normalized spacial score (nSPS) is 17.7. The zero-order valence-corrected chi connectivity index (χ0v) is 14.3. The Bertz CT molecular complexity index is 588. The number of amides is 1. The molecule has 0 aliphatic carbocycles. The summed E-state index contributed by atoms with van der Waals surface area (Å²) < 4.78 is 10.5. The summed E-state index contributed by atoms with van der Waals surface area (Å²) in [6.07, 6.45) is 2.25. The van der Waals surface area contributed by atoms with E-state index < -0.39 is 30.5 Å². The van der Waals surface area contributed by atoms with Crippen LogP contribution in [-0.2, 0) is 19.1 Å². The number of hydrogen-bond acceptors (Lipinski definition) is 6. The number of carbonyl (C=O) groups is 3. The minimum absolute atomic E-state index is 0.269. The van der Waals surface area contributed by atoms with Gasteiger partial charge < -0.3 is 14.4 Å². The third kappa shape index (κ3) is 4.68. The summed E-state index contributed by atoms with van der Waals surface area (Å²) in [5.41, 5.74) is 0. The molecule has 8 heteroatoms. The summed E-state index contributed by atoms with van der Waals surface area (Å²) in [4.78, 5) is 37.8. The quantitative estimate of drug-likeness (QED) is 0.755. The van der Waals surface area contributed by atoms with Gasteiger partial charge in [-0.2, -0.15) is 0 Å². The second kappa shape index (κ2) is 8.31. The third-order valence-electron chi connectivity index (χ3n) is 3.48. The fourth-order valence-corrected chi connectivity index (χ4v) is 3.36. The molecule has 0 radical (unpaired) electrons. The average molecular weight is 360 g/mol. The summed E-state index contributed by atoms with van der Waals surface area (Å²) >= 11 is 6.84. The molecule has 1 aromatic heterocycles. The van der Waals surface area contributed by atoms with Gasteiger partial charge in [-0.05, 0) is 38.3 Å². The number of hydrogen-bond donors (Lipinski definition) is 0. The van der Waals surface area contributed by atoms with Crippen LogP contribution in [0.2, 0.25) is 4.34 Å². The number of nitrogens with zero attached hydrogens (tertiary/aromatic N) is 1. The van der Waals surface area contributed by atoms with Crippen molar-refractivity contribution in [1.82, 2.24) is 4.90 Å². The van der Waals surface area contributed by atoms with Crippen molar-refractivity contribution in [3.05, 3.63) is 21.3 Å². The van der Waals surface area contributed by atoms with Gasteiger partial charge >= 0.3 is 11.9 Å². The van der Waals surface area contributed by atoms with Crippen molar-refractivity contribution in [2.75, 3.05) is 19.8 Å². The summed E-state index contributed by atoms with van der Waals surface area (Å²) in [6.45, 7) is 2.06. The Morgan fingerprint density at radius 3 is 2.74 bits per heavy atom. The van der Waals surface area contributed by atoms with Crippen molar-refractivity contribution in [1.29, 1.82) is 0 Å². The zero-order chi connectivity index (χ0) is 16.8. The van der Waals surface area contributed by atoms with Crippen LogP contribution >= 0.6 is 22.9 Å². The van der Waals surface area contributed by atoms with Crippen molar-refractivity contribution < 1.29 is 23.9 Å². The molecule has 1 unspecified atom stereocenters. The first kappa shape index (κ1) is 17.7. The first-order valence-electron chi connectivity index (χ1n) is 7.41. The van der Waals surface area contributed by atoms with Crippen molar-refractivity contribution in [2.24, 2.45) is 0 Å². The molecule has 23 heavy (non-hydrogen) atoms. The standard InChI is InChI=1S/C15H18ClNO5S/c1-2-21-14(19)10-5-3-4-8-17(10)13(18)9-22-15(20)11-6-7-12(16)23-11/h6-7,10H,2-5,8-9H2,1H3. The number of ether oxygens (including phenoxy) is 2. The van der Waals surface area contributed by atoms with Crippen LogP contribution in [0, 0.1) is 0 Å². The molecule has 0 N–H and O–H groups in total. The fraction of sp³-hybridized carbons (Fsp3) is 0.533. The SMILES string of the molecule is CCOC(=O)C1CCCCN1C(=O)COC(=O)c1ccc(Cl)s1. The van der Waals surface area contributed by atoms with Crippen molar-refractivity contribution in [3.63, 3.8) is 0 Å². The molecule has 1 saturated heterocycles. The van der Waals surface area contributed by atoms with Gasteiger partial charge in [-0.15, -0.1) is 11.3 Å². The summed E-state index contributed by atoms with van der Waals surface area (Å²) in [5.74, 6) is -1.39. The van der Waals surface area contributed by atoms with Gasteiger partial charge in [0.1, 0.15) is 10.9 Å². The van der Waals surface area contributed by atoms with Crippen molar-refractivity contribution in [3.8, 4) is 0 Å². The number of likely N-dealkylation sites (tertiary alicyclic amines) is 1. The predicted octanol–water partition coefficient (Wildman–Crippen LogP) is 2.50. The molecule has 1 aliphatic rings. The fourth-order valence-electron chi connectivity index (χ4n) is 2.42. The molecule has 0 saturated carbocycles. The molecule has 2 rings (SSSR count). The summed E-state index contributed by atoms with van der Waals surface area (Å²) in [6, 6.07) is 2.54. The monoisotopic (exact) mass is 359 g/mol.